The first kappa shape index (κ1) is 20.2. The number of aromatic hydroxyl groups is 1. The number of aromatic nitrogens is 1. The number of carboxylic acids is 1. The van der Waals surface area contributed by atoms with Crippen molar-refractivity contribution in [2.75, 3.05) is 0 Å². The predicted octanol–water partition coefficient (Wildman–Crippen LogP) is 6.25. The highest BCUT2D eigenvalue weighted by molar-refractivity contribution is 6.00. The SMILES string of the molecule is CC.Cc1c(-c2ccc(-c3ccccc3)cc2)n(C)c2cc(O)c(C(=O)O)cc12. The van der Waals surface area contributed by atoms with Crippen molar-refractivity contribution in [2.24, 2.45) is 7.05 Å². The predicted molar refractivity (Wildman–Crippen MR) is 119 cm³/mol. The lowest BCUT2D eigenvalue weighted by Crippen LogP contribution is -1.97. The number of benzene rings is 3. The molecule has 1 aromatic heterocycles. The van der Waals surface area contributed by atoms with Crippen LogP contribution in [0.2, 0.25) is 0 Å². The van der Waals surface area contributed by atoms with E-state index < -0.39 is 5.97 Å². The molecule has 4 aromatic rings. The molecule has 0 atom stereocenters. The van der Waals surface area contributed by atoms with E-state index in [2.05, 4.69) is 36.4 Å². The monoisotopic (exact) mass is 387 g/mol. The second-order valence-corrected chi connectivity index (χ2v) is 6.67. The molecule has 2 N–H and O–H groups in total. The van der Waals surface area contributed by atoms with E-state index in [4.69, 9.17) is 0 Å². The lowest BCUT2D eigenvalue weighted by Gasteiger charge is -2.08. The fraction of sp³-hybridized carbons (Fsp3) is 0.160. The number of hydrogen-bond donors (Lipinski definition) is 2. The molecule has 0 aliphatic rings. The Morgan fingerprint density at radius 2 is 1.41 bits per heavy atom. The van der Waals surface area contributed by atoms with Crippen molar-refractivity contribution in [1.29, 1.82) is 0 Å². The van der Waals surface area contributed by atoms with Crippen LogP contribution in [0.4, 0.5) is 0 Å². The molecule has 0 bridgehead atoms. The highest BCUT2D eigenvalue weighted by atomic mass is 16.4. The maximum atomic E-state index is 11.3. The van der Waals surface area contributed by atoms with Gasteiger partial charge in [-0.25, -0.2) is 4.79 Å². The Kier molecular flexibility index (Phi) is 5.74. The fourth-order valence-electron chi connectivity index (χ4n) is 3.69. The summed E-state index contributed by atoms with van der Waals surface area (Å²) in [6.07, 6.45) is 0. The Labute approximate surface area is 170 Å². The van der Waals surface area contributed by atoms with Gasteiger partial charge in [0.25, 0.3) is 0 Å². The van der Waals surface area contributed by atoms with Gasteiger partial charge in [0.1, 0.15) is 11.3 Å². The van der Waals surface area contributed by atoms with Gasteiger partial charge < -0.3 is 14.8 Å². The van der Waals surface area contributed by atoms with Crippen LogP contribution in [0.15, 0.2) is 66.7 Å². The molecule has 0 fully saturated rings. The fourth-order valence-corrected chi connectivity index (χ4v) is 3.69. The van der Waals surface area contributed by atoms with E-state index in [1.165, 1.54) is 6.07 Å². The third kappa shape index (κ3) is 3.61. The number of phenols is 1. The molecular weight excluding hydrogens is 362 g/mol. The standard InChI is InChI=1S/C23H19NO3.C2H6/c1-14-18-12-19(23(26)27)21(25)13-20(18)24(2)22(14)17-10-8-16(9-11-17)15-6-4-3-5-7-15;1-2/h3-13,25H,1-2H3,(H,26,27);1-2H3. The first-order chi connectivity index (χ1) is 14.0. The molecule has 4 heteroatoms. The van der Waals surface area contributed by atoms with Crippen LogP contribution in [-0.4, -0.2) is 20.7 Å². The molecule has 0 amide bonds. The van der Waals surface area contributed by atoms with Crippen molar-refractivity contribution in [3.63, 3.8) is 0 Å². The van der Waals surface area contributed by atoms with Crippen molar-refractivity contribution in [2.45, 2.75) is 20.8 Å². The van der Waals surface area contributed by atoms with E-state index in [1.807, 2.05) is 50.6 Å². The van der Waals surface area contributed by atoms with Crippen LogP contribution in [0.25, 0.3) is 33.3 Å². The minimum atomic E-state index is -1.13. The first-order valence-corrected chi connectivity index (χ1v) is 9.68. The van der Waals surface area contributed by atoms with Gasteiger partial charge in [-0.1, -0.05) is 68.4 Å². The lowest BCUT2D eigenvalue weighted by atomic mass is 10.0. The maximum Gasteiger partial charge on any atom is 0.339 e. The molecule has 148 valence electrons. The summed E-state index contributed by atoms with van der Waals surface area (Å²) in [6.45, 7) is 5.98. The zero-order chi connectivity index (χ0) is 21.1. The molecule has 1 heterocycles. The number of nitrogens with zero attached hydrogens (tertiary/aromatic N) is 1. The zero-order valence-corrected chi connectivity index (χ0v) is 17.1. The highest BCUT2D eigenvalue weighted by Crippen LogP contribution is 2.36. The van der Waals surface area contributed by atoms with E-state index in [0.717, 1.165) is 38.9 Å². The minimum absolute atomic E-state index is 0.0813. The molecule has 0 radical (unpaired) electrons. The summed E-state index contributed by atoms with van der Waals surface area (Å²) < 4.78 is 1.99. The van der Waals surface area contributed by atoms with Crippen molar-refractivity contribution >= 4 is 16.9 Å². The van der Waals surface area contributed by atoms with Crippen molar-refractivity contribution in [3.8, 4) is 28.1 Å². The Bertz CT molecular complexity index is 1160. The number of aryl methyl sites for hydroxylation is 2. The minimum Gasteiger partial charge on any atom is -0.507 e. The van der Waals surface area contributed by atoms with Crippen LogP contribution in [-0.2, 0) is 7.05 Å². The van der Waals surface area contributed by atoms with Crippen LogP contribution in [0.1, 0.15) is 29.8 Å². The molecule has 0 saturated heterocycles. The van der Waals surface area contributed by atoms with E-state index in [-0.39, 0.29) is 11.3 Å². The number of carbonyl (C=O) groups is 1. The van der Waals surface area contributed by atoms with Gasteiger partial charge in [0, 0.05) is 18.5 Å². The molecule has 0 aliphatic carbocycles. The summed E-state index contributed by atoms with van der Waals surface area (Å²) in [5.41, 5.74) is 6.06. The molecule has 0 aliphatic heterocycles. The zero-order valence-electron chi connectivity index (χ0n) is 17.1. The number of hydrogen-bond acceptors (Lipinski definition) is 2. The van der Waals surface area contributed by atoms with Crippen LogP contribution >= 0.6 is 0 Å². The Balaban J connectivity index is 0.00000117. The number of fused-ring (bicyclic) bond motifs is 1. The van der Waals surface area contributed by atoms with Gasteiger partial charge >= 0.3 is 5.97 Å². The summed E-state index contributed by atoms with van der Waals surface area (Å²) in [6, 6.07) is 21.6. The summed E-state index contributed by atoms with van der Waals surface area (Å²) in [5, 5.41) is 20.2. The lowest BCUT2D eigenvalue weighted by molar-refractivity contribution is 0.0694. The van der Waals surface area contributed by atoms with Gasteiger partial charge in [-0.05, 0) is 35.2 Å². The van der Waals surface area contributed by atoms with Gasteiger partial charge in [-0.2, -0.15) is 0 Å². The van der Waals surface area contributed by atoms with Crippen LogP contribution in [0.3, 0.4) is 0 Å². The summed E-state index contributed by atoms with van der Waals surface area (Å²) >= 11 is 0. The van der Waals surface area contributed by atoms with Crippen molar-refractivity contribution in [1.82, 2.24) is 4.57 Å². The largest absolute Gasteiger partial charge is 0.507 e. The summed E-state index contributed by atoms with van der Waals surface area (Å²) in [4.78, 5) is 11.3. The molecule has 29 heavy (non-hydrogen) atoms. The highest BCUT2D eigenvalue weighted by Gasteiger charge is 2.18. The van der Waals surface area contributed by atoms with Gasteiger partial charge in [0.15, 0.2) is 0 Å². The number of aromatic carboxylic acids is 1. The smallest absolute Gasteiger partial charge is 0.339 e. The molecule has 4 nitrogen and oxygen atoms in total. The molecule has 0 saturated carbocycles. The van der Waals surface area contributed by atoms with Crippen LogP contribution in [0.5, 0.6) is 5.75 Å². The topological polar surface area (TPSA) is 62.5 Å². The van der Waals surface area contributed by atoms with E-state index in [9.17, 15) is 15.0 Å². The normalized spacial score (nSPS) is 10.5. The molecule has 0 unspecified atom stereocenters. The van der Waals surface area contributed by atoms with E-state index >= 15 is 0 Å². The average Bonchev–Trinajstić information content (AvgIpc) is 2.99. The van der Waals surface area contributed by atoms with Crippen molar-refractivity contribution in [3.05, 3.63) is 77.9 Å². The first-order valence-electron chi connectivity index (χ1n) is 9.68. The van der Waals surface area contributed by atoms with Gasteiger partial charge in [-0.15, -0.1) is 0 Å². The quantitative estimate of drug-likeness (QED) is 0.437. The Morgan fingerprint density at radius 1 is 0.862 bits per heavy atom. The number of carboxylic acid groups (broad SMARTS) is 1. The van der Waals surface area contributed by atoms with Crippen LogP contribution in [0, 0.1) is 6.92 Å². The van der Waals surface area contributed by atoms with Crippen LogP contribution < -0.4 is 0 Å². The Morgan fingerprint density at radius 3 is 2.00 bits per heavy atom. The summed E-state index contributed by atoms with van der Waals surface area (Å²) in [5.74, 6) is -1.35. The van der Waals surface area contributed by atoms with E-state index in [0.29, 0.717) is 0 Å². The van der Waals surface area contributed by atoms with Gasteiger partial charge in [-0.3, -0.25) is 0 Å². The van der Waals surface area contributed by atoms with E-state index in [1.54, 1.807) is 6.07 Å². The second-order valence-electron chi connectivity index (χ2n) is 6.67. The second kappa shape index (κ2) is 8.23. The molecular formula is C25H25NO3. The maximum absolute atomic E-state index is 11.3. The van der Waals surface area contributed by atoms with Gasteiger partial charge in [0.05, 0.1) is 11.2 Å². The summed E-state index contributed by atoms with van der Waals surface area (Å²) in [7, 11) is 1.93. The van der Waals surface area contributed by atoms with Gasteiger partial charge in [0.2, 0.25) is 0 Å². The van der Waals surface area contributed by atoms with Crippen molar-refractivity contribution < 1.29 is 15.0 Å². The third-order valence-corrected chi connectivity index (χ3v) is 5.07. The third-order valence-electron chi connectivity index (χ3n) is 5.07. The molecule has 0 spiro atoms. The molecule has 4 rings (SSSR count). The Hall–Kier alpha value is -3.53. The molecule has 3 aromatic carbocycles. The number of rotatable bonds is 3. The average molecular weight is 387 g/mol.